The monoisotopic (exact) mass is 285 g/mol. The topological polar surface area (TPSA) is 90.0 Å². The van der Waals surface area contributed by atoms with Gasteiger partial charge in [0.05, 0.1) is 17.5 Å². The van der Waals surface area contributed by atoms with Crippen LogP contribution in [0.15, 0.2) is 29.2 Å². The largest absolute Gasteiger partial charge is 0.332 e. The van der Waals surface area contributed by atoms with Crippen LogP contribution in [0, 0.1) is 11.3 Å². The zero-order valence-electron chi connectivity index (χ0n) is 9.00. The first kappa shape index (κ1) is 12.7. The van der Waals surface area contributed by atoms with Gasteiger partial charge in [0.25, 0.3) is 10.0 Å². The summed E-state index contributed by atoms with van der Waals surface area (Å²) in [5.74, 6) is 0. The molecule has 0 aliphatic carbocycles. The fourth-order valence-electron chi connectivity index (χ4n) is 1.32. The van der Waals surface area contributed by atoms with Crippen molar-refractivity contribution < 1.29 is 13.2 Å². The quantitative estimate of drug-likeness (QED) is 0.819. The molecule has 6 nitrogen and oxygen atoms in total. The maximum Gasteiger partial charge on any atom is 0.332 e. The molecule has 1 unspecified atom stereocenters. The highest BCUT2D eigenvalue weighted by Crippen LogP contribution is 2.18. The summed E-state index contributed by atoms with van der Waals surface area (Å²) >= 11 is 5.64. The van der Waals surface area contributed by atoms with Crippen LogP contribution in [0.4, 0.5) is 4.79 Å². The lowest BCUT2D eigenvalue weighted by molar-refractivity contribution is 0.234. The van der Waals surface area contributed by atoms with E-state index in [1.807, 2.05) is 10.8 Å². The molecule has 1 heterocycles. The van der Waals surface area contributed by atoms with Crippen molar-refractivity contribution in [2.75, 3.05) is 6.54 Å². The average molecular weight is 286 g/mol. The summed E-state index contributed by atoms with van der Waals surface area (Å²) in [6.07, 6.45) is 0. The van der Waals surface area contributed by atoms with E-state index in [2.05, 4.69) is 0 Å². The van der Waals surface area contributed by atoms with E-state index in [1.165, 1.54) is 24.3 Å². The molecular weight excluding hydrogens is 278 g/mol. The average Bonchev–Trinajstić information content (AvgIpc) is 3.08. The Labute approximate surface area is 109 Å². The van der Waals surface area contributed by atoms with Crippen LogP contribution in [0.2, 0.25) is 5.02 Å². The van der Waals surface area contributed by atoms with Gasteiger partial charge in [0.1, 0.15) is 6.04 Å². The molecule has 1 aliphatic heterocycles. The minimum atomic E-state index is -3.92. The van der Waals surface area contributed by atoms with Crippen LogP contribution in [0.3, 0.4) is 0 Å². The van der Waals surface area contributed by atoms with Crippen LogP contribution in [0.25, 0.3) is 0 Å². The molecule has 1 N–H and O–H groups in total. The molecule has 8 heteroatoms. The molecule has 2 rings (SSSR count). The maximum atomic E-state index is 11.8. The number of nitrogens with one attached hydrogen (secondary N) is 1. The highest BCUT2D eigenvalue weighted by atomic mass is 35.5. The lowest BCUT2D eigenvalue weighted by Crippen LogP contribution is -2.34. The number of nitriles is 1. The molecule has 1 aliphatic rings. The molecule has 94 valence electrons. The second-order valence-corrected chi connectivity index (χ2v) is 5.78. The van der Waals surface area contributed by atoms with Gasteiger partial charge in [-0.2, -0.15) is 5.26 Å². The van der Waals surface area contributed by atoms with Crippen LogP contribution in [0.1, 0.15) is 0 Å². The first-order valence-corrected chi connectivity index (χ1v) is 6.79. The van der Waals surface area contributed by atoms with Crippen molar-refractivity contribution in [2.45, 2.75) is 10.9 Å². The Bertz CT molecular complexity index is 621. The molecule has 1 saturated heterocycles. The third-order valence-electron chi connectivity index (χ3n) is 2.37. The van der Waals surface area contributed by atoms with E-state index in [-0.39, 0.29) is 11.4 Å². The molecule has 0 aromatic heterocycles. The minimum absolute atomic E-state index is 0.0596. The van der Waals surface area contributed by atoms with Gasteiger partial charge in [0.15, 0.2) is 0 Å². The predicted octanol–water partition coefficient (Wildman–Crippen LogP) is 0.946. The lowest BCUT2D eigenvalue weighted by atomic mass is 10.4. The number of halogens is 1. The third kappa shape index (κ3) is 2.55. The SMILES string of the molecule is N#CC1CN1C(=O)NS(=O)(=O)c1ccc(Cl)cc1. The van der Waals surface area contributed by atoms with E-state index in [1.54, 1.807) is 0 Å². The van der Waals surface area contributed by atoms with Gasteiger partial charge in [-0.3, -0.25) is 0 Å². The number of sulfonamides is 1. The summed E-state index contributed by atoms with van der Waals surface area (Å²) in [6, 6.07) is 5.94. The van der Waals surface area contributed by atoms with Crippen LogP contribution >= 0.6 is 11.6 Å². The summed E-state index contributed by atoms with van der Waals surface area (Å²) in [5, 5.41) is 8.93. The molecule has 0 saturated carbocycles. The van der Waals surface area contributed by atoms with E-state index < -0.39 is 22.1 Å². The molecule has 18 heavy (non-hydrogen) atoms. The summed E-state index contributed by atoms with van der Waals surface area (Å²) in [5.41, 5.74) is 0. The Morgan fingerprint density at radius 1 is 1.44 bits per heavy atom. The van der Waals surface area contributed by atoms with Gasteiger partial charge >= 0.3 is 6.03 Å². The van der Waals surface area contributed by atoms with Gasteiger partial charge in [-0.05, 0) is 24.3 Å². The molecule has 1 aromatic rings. The molecule has 1 fully saturated rings. The minimum Gasteiger partial charge on any atom is -0.303 e. The number of carbonyl (C=O) groups is 1. The third-order valence-corrected chi connectivity index (χ3v) is 3.96. The van der Waals surface area contributed by atoms with Crippen molar-refractivity contribution in [2.24, 2.45) is 0 Å². The lowest BCUT2D eigenvalue weighted by Gasteiger charge is -2.07. The van der Waals surface area contributed by atoms with Crippen molar-refractivity contribution in [3.8, 4) is 6.07 Å². The van der Waals surface area contributed by atoms with Gasteiger partial charge in [-0.1, -0.05) is 11.6 Å². The second-order valence-electron chi connectivity index (χ2n) is 3.66. The summed E-state index contributed by atoms with van der Waals surface area (Å²) < 4.78 is 25.5. The summed E-state index contributed by atoms with van der Waals surface area (Å²) in [6.45, 7) is 0.248. The Kier molecular flexibility index (Phi) is 3.15. The fraction of sp³-hybridized carbons (Fsp3) is 0.200. The highest BCUT2D eigenvalue weighted by Gasteiger charge is 2.40. The zero-order valence-corrected chi connectivity index (χ0v) is 10.6. The van der Waals surface area contributed by atoms with Gasteiger partial charge in [-0.15, -0.1) is 0 Å². The first-order valence-electron chi connectivity index (χ1n) is 4.92. The standard InChI is InChI=1S/C10H8ClN3O3S/c11-7-1-3-9(4-2-7)18(16,17)13-10(15)14-6-8(14)5-12/h1-4,8H,6H2,(H,13,15). The van der Waals surface area contributed by atoms with Crippen molar-refractivity contribution in [1.29, 1.82) is 5.26 Å². The summed E-state index contributed by atoms with van der Waals surface area (Å²) in [4.78, 5) is 12.5. The Morgan fingerprint density at radius 2 is 2.06 bits per heavy atom. The number of benzene rings is 1. The van der Waals surface area contributed by atoms with E-state index >= 15 is 0 Å². The molecule has 0 bridgehead atoms. The van der Waals surface area contributed by atoms with Gasteiger partial charge in [-0.25, -0.2) is 17.9 Å². The van der Waals surface area contributed by atoms with Crippen molar-refractivity contribution in [1.82, 2.24) is 9.62 Å². The fourth-order valence-corrected chi connectivity index (χ4v) is 2.41. The van der Waals surface area contributed by atoms with Crippen LogP contribution in [-0.2, 0) is 10.0 Å². The number of hydrogen-bond donors (Lipinski definition) is 1. The van der Waals surface area contributed by atoms with E-state index in [9.17, 15) is 13.2 Å². The number of carbonyl (C=O) groups excluding carboxylic acids is 1. The smallest absolute Gasteiger partial charge is 0.303 e. The Hall–Kier alpha value is -1.78. The van der Waals surface area contributed by atoms with Crippen LogP contribution in [0.5, 0.6) is 0 Å². The van der Waals surface area contributed by atoms with Crippen LogP contribution < -0.4 is 4.72 Å². The van der Waals surface area contributed by atoms with Crippen molar-refractivity contribution >= 4 is 27.7 Å². The Balaban J connectivity index is 2.11. The molecule has 0 spiro atoms. The van der Waals surface area contributed by atoms with Crippen LogP contribution in [-0.4, -0.2) is 31.9 Å². The maximum absolute atomic E-state index is 11.8. The van der Waals surface area contributed by atoms with Crippen molar-refractivity contribution in [3.05, 3.63) is 29.3 Å². The normalized spacial score (nSPS) is 18.0. The number of nitrogens with zero attached hydrogens (tertiary/aromatic N) is 2. The number of rotatable bonds is 2. The molecule has 0 radical (unpaired) electrons. The number of hydrogen-bond acceptors (Lipinski definition) is 4. The number of amides is 2. The zero-order chi connectivity index (χ0) is 13.3. The molecule has 2 amide bonds. The van der Waals surface area contributed by atoms with Gasteiger partial charge in [0, 0.05) is 5.02 Å². The first-order chi connectivity index (χ1) is 8.44. The summed E-state index contributed by atoms with van der Waals surface area (Å²) in [7, 11) is -3.92. The molecule has 1 aromatic carbocycles. The van der Waals surface area contributed by atoms with E-state index in [4.69, 9.17) is 16.9 Å². The van der Waals surface area contributed by atoms with E-state index in [0.717, 1.165) is 4.90 Å². The van der Waals surface area contributed by atoms with Gasteiger partial charge < -0.3 is 4.90 Å². The van der Waals surface area contributed by atoms with E-state index in [0.29, 0.717) is 5.02 Å². The second kappa shape index (κ2) is 4.48. The molecule has 1 atom stereocenters. The predicted molar refractivity (Wildman–Crippen MR) is 63.3 cm³/mol. The molecular formula is C10H8ClN3O3S. The highest BCUT2D eigenvalue weighted by molar-refractivity contribution is 7.90. The van der Waals surface area contributed by atoms with Gasteiger partial charge in [0.2, 0.25) is 0 Å². The number of urea groups is 1. The van der Waals surface area contributed by atoms with Crippen molar-refractivity contribution in [3.63, 3.8) is 0 Å². The Morgan fingerprint density at radius 3 is 2.56 bits per heavy atom.